The number of rotatable bonds is 11. The number of halogens is 2. The van der Waals surface area contributed by atoms with Crippen LogP contribution < -0.4 is 5.32 Å². The fourth-order valence-electron chi connectivity index (χ4n) is 2.41. The van der Waals surface area contributed by atoms with Crippen molar-refractivity contribution in [2.75, 3.05) is 6.54 Å². The van der Waals surface area contributed by atoms with Gasteiger partial charge in [0.15, 0.2) is 0 Å². The maximum atomic E-state index is 12.0. The predicted molar refractivity (Wildman–Crippen MR) is 96.0 cm³/mol. The normalized spacial score (nSPS) is 10.7. The van der Waals surface area contributed by atoms with Gasteiger partial charge < -0.3 is 5.32 Å². The molecular weight excluding hydrogens is 317 g/mol. The molecule has 1 aromatic carbocycles. The molecule has 1 rings (SSSR count). The molecule has 1 aromatic rings. The van der Waals surface area contributed by atoms with Gasteiger partial charge >= 0.3 is 0 Å². The summed E-state index contributed by atoms with van der Waals surface area (Å²) >= 11 is 11.8. The molecule has 0 bridgehead atoms. The quantitative estimate of drug-likeness (QED) is 0.472. The third-order valence-corrected chi connectivity index (χ3v) is 4.29. The van der Waals surface area contributed by atoms with E-state index >= 15 is 0 Å². The zero-order valence-corrected chi connectivity index (χ0v) is 15.0. The summed E-state index contributed by atoms with van der Waals surface area (Å²) < 4.78 is 0. The maximum Gasteiger partial charge on any atom is 0.252 e. The highest BCUT2D eigenvalue weighted by Gasteiger charge is 2.09. The minimum atomic E-state index is -0.124. The zero-order chi connectivity index (χ0) is 16.2. The van der Waals surface area contributed by atoms with Crippen molar-refractivity contribution < 1.29 is 4.79 Å². The van der Waals surface area contributed by atoms with Crippen molar-refractivity contribution in [3.8, 4) is 0 Å². The van der Waals surface area contributed by atoms with Gasteiger partial charge in [0.05, 0.1) is 10.6 Å². The van der Waals surface area contributed by atoms with Crippen molar-refractivity contribution in [2.24, 2.45) is 0 Å². The Morgan fingerprint density at radius 3 is 2.14 bits per heavy atom. The SMILES string of the molecule is CCCCCCCCCCCNC(=O)c1ccc(Cl)cc1Cl. The highest BCUT2D eigenvalue weighted by atomic mass is 35.5. The van der Waals surface area contributed by atoms with Crippen LogP contribution in [0.2, 0.25) is 10.0 Å². The number of hydrogen-bond donors (Lipinski definition) is 1. The number of unbranched alkanes of at least 4 members (excludes halogenated alkanes) is 8. The Morgan fingerprint density at radius 2 is 1.55 bits per heavy atom. The third-order valence-electron chi connectivity index (χ3n) is 3.74. The molecule has 0 heterocycles. The van der Waals surface area contributed by atoms with Gasteiger partial charge in [-0.15, -0.1) is 0 Å². The lowest BCUT2D eigenvalue weighted by Gasteiger charge is -2.07. The Balaban J connectivity index is 2.06. The molecule has 4 heteroatoms. The van der Waals surface area contributed by atoms with Crippen LogP contribution >= 0.6 is 23.2 Å². The van der Waals surface area contributed by atoms with Gasteiger partial charge in [0.25, 0.3) is 5.91 Å². The number of amides is 1. The van der Waals surface area contributed by atoms with Gasteiger partial charge in [0.2, 0.25) is 0 Å². The second kappa shape index (κ2) is 11.8. The monoisotopic (exact) mass is 343 g/mol. The molecule has 22 heavy (non-hydrogen) atoms. The minimum Gasteiger partial charge on any atom is -0.352 e. The Kier molecular flexibility index (Phi) is 10.3. The van der Waals surface area contributed by atoms with Gasteiger partial charge in [-0.3, -0.25) is 4.79 Å². The van der Waals surface area contributed by atoms with Crippen LogP contribution in [0.15, 0.2) is 18.2 Å². The van der Waals surface area contributed by atoms with E-state index in [9.17, 15) is 4.79 Å². The Labute approximate surface area is 144 Å². The van der Waals surface area contributed by atoms with Crippen LogP contribution in [-0.2, 0) is 0 Å². The minimum absolute atomic E-state index is 0.124. The van der Waals surface area contributed by atoms with Crippen molar-refractivity contribution >= 4 is 29.1 Å². The number of hydrogen-bond acceptors (Lipinski definition) is 1. The lowest BCUT2D eigenvalue weighted by molar-refractivity contribution is 0.0953. The standard InChI is InChI=1S/C18H27Cl2NO/c1-2-3-4-5-6-7-8-9-10-13-21-18(22)16-12-11-15(19)14-17(16)20/h11-12,14H,2-10,13H2,1H3,(H,21,22). The summed E-state index contributed by atoms with van der Waals surface area (Å²) in [5.74, 6) is -0.124. The first-order chi connectivity index (χ1) is 10.6. The number of nitrogens with one attached hydrogen (secondary N) is 1. The molecule has 0 aliphatic heterocycles. The van der Waals surface area contributed by atoms with Gasteiger partial charge in [-0.05, 0) is 24.6 Å². The van der Waals surface area contributed by atoms with Gasteiger partial charge in [0.1, 0.15) is 0 Å². The first-order valence-electron chi connectivity index (χ1n) is 8.38. The molecule has 0 aromatic heterocycles. The lowest BCUT2D eigenvalue weighted by Crippen LogP contribution is -2.24. The zero-order valence-electron chi connectivity index (χ0n) is 13.5. The molecule has 0 aliphatic carbocycles. The highest BCUT2D eigenvalue weighted by Crippen LogP contribution is 2.20. The first kappa shape index (κ1) is 19.3. The van der Waals surface area contributed by atoms with Crippen LogP contribution in [0.4, 0.5) is 0 Å². The summed E-state index contributed by atoms with van der Waals surface area (Å²) in [5, 5.41) is 3.85. The highest BCUT2D eigenvalue weighted by molar-refractivity contribution is 6.36. The van der Waals surface area contributed by atoms with E-state index in [0.717, 1.165) is 6.42 Å². The van der Waals surface area contributed by atoms with Crippen molar-refractivity contribution in [3.05, 3.63) is 33.8 Å². The summed E-state index contributed by atoms with van der Waals surface area (Å²) in [6.45, 7) is 2.94. The van der Waals surface area contributed by atoms with E-state index in [1.54, 1.807) is 18.2 Å². The number of benzene rings is 1. The summed E-state index contributed by atoms with van der Waals surface area (Å²) in [6, 6.07) is 4.94. The largest absolute Gasteiger partial charge is 0.352 e. The molecule has 0 spiro atoms. The molecular formula is C18H27Cl2NO. The lowest BCUT2D eigenvalue weighted by atomic mass is 10.1. The summed E-state index contributed by atoms with van der Waals surface area (Å²) in [4.78, 5) is 12.0. The fourth-order valence-corrected chi connectivity index (χ4v) is 2.90. The topological polar surface area (TPSA) is 29.1 Å². The summed E-state index contributed by atoms with van der Waals surface area (Å²) in [5.41, 5.74) is 0.488. The van der Waals surface area contributed by atoms with Crippen LogP contribution in [0.1, 0.15) is 75.1 Å². The van der Waals surface area contributed by atoms with E-state index < -0.39 is 0 Å². The molecule has 0 radical (unpaired) electrons. The van der Waals surface area contributed by atoms with E-state index in [0.29, 0.717) is 22.2 Å². The van der Waals surface area contributed by atoms with Crippen LogP contribution in [0.5, 0.6) is 0 Å². The van der Waals surface area contributed by atoms with E-state index in [4.69, 9.17) is 23.2 Å². The van der Waals surface area contributed by atoms with Crippen molar-refractivity contribution in [1.82, 2.24) is 5.32 Å². The Morgan fingerprint density at radius 1 is 0.955 bits per heavy atom. The Bertz CT molecular complexity index is 449. The van der Waals surface area contributed by atoms with E-state index in [1.807, 2.05) is 0 Å². The van der Waals surface area contributed by atoms with Crippen LogP contribution in [0.25, 0.3) is 0 Å². The molecule has 0 aliphatic rings. The van der Waals surface area contributed by atoms with Gasteiger partial charge in [-0.1, -0.05) is 81.5 Å². The molecule has 124 valence electrons. The first-order valence-corrected chi connectivity index (χ1v) is 9.14. The smallest absolute Gasteiger partial charge is 0.252 e. The molecule has 0 atom stereocenters. The van der Waals surface area contributed by atoms with Crippen molar-refractivity contribution in [2.45, 2.75) is 64.7 Å². The van der Waals surface area contributed by atoms with Crippen LogP contribution in [0, 0.1) is 0 Å². The van der Waals surface area contributed by atoms with Crippen LogP contribution in [0.3, 0.4) is 0 Å². The van der Waals surface area contributed by atoms with E-state index in [2.05, 4.69) is 12.2 Å². The maximum absolute atomic E-state index is 12.0. The molecule has 2 nitrogen and oxygen atoms in total. The average Bonchev–Trinajstić information content (AvgIpc) is 2.49. The molecule has 1 amide bonds. The predicted octanol–water partition coefficient (Wildman–Crippen LogP) is 6.25. The summed E-state index contributed by atoms with van der Waals surface area (Å²) in [7, 11) is 0. The van der Waals surface area contributed by atoms with Crippen LogP contribution in [-0.4, -0.2) is 12.5 Å². The second-order valence-corrected chi connectivity index (χ2v) is 6.55. The van der Waals surface area contributed by atoms with E-state index in [1.165, 1.54) is 51.4 Å². The molecule has 0 unspecified atom stereocenters. The second-order valence-electron chi connectivity index (χ2n) is 5.71. The molecule has 1 N–H and O–H groups in total. The third kappa shape index (κ3) is 8.05. The van der Waals surface area contributed by atoms with Gasteiger partial charge in [-0.2, -0.15) is 0 Å². The van der Waals surface area contributed by atoms with Gasteiger partial charge in [0, 0.05) is 11.6 Å². The molecule has 0 fully saturated rings. The molecule has 0 saturated heterocycles. The molecule has 0 saturated carbocycles. The summed E-state index contributed by atoms with van der Waals surface area (Å²) in [6.07, 6.45) is 11.5. The van der Waals surface area contributed by atoms with E-state index in [-0.39, 0.29) is 5.91 Å². The van der Waals surface area contributed by atoms with Crippen molar-refractivity contribution in [3.63, 3.8) is 0 Å². The number of carbonyl (C=O) groups is 1. The average molecular weight is 344 g/mol. The Hall–Kier alpha value is -0.730. The fraction of sp³-hybridized carbons (Fsp3) is 0.611. The number of carbonyl (C=O) groups excluding carboxylic acids is 1. The van der Waals surface area contributed by atoms with Crippen molar-refractivity contribution in [1.29, 1.82) is 0 Å². The van der Waals surface area contributed by atoms with Gasteiger partial charge in [-0.25, -0.2) is 0 Å².